The third kappa shape index (κ3) is 5.33. The first-order chi connectivity index (χ1) is 10.3. The lowest BCUT2D eigenvalue weighted by atomic mass is 10.2. The molecule has 0 radical (unpaired) electrons. The molecule has 22 heavy (non-hydrogen) atoms. The van der Waals surface area contributed by atoms with E-state index in [4.69, 9.17) is 4.74 Å². The molecular formula is C15H20N4O2S. The van der Waals surface area contributed by atoms with E-state index < -0.39 is 11.7 Å². The average Bonchev–Trinajstić information content (AvgIpc) is 2.81. The van der Waals surface area contributed by atoms with Crippen LogP contribution in [0.2, 0.25) is 0 Å². The van der Waals surface area contributed by atoms with E-state index >= 15 is 0 Å². The van der Waals surface area contributed by atoms with E-state index in [1.807, 2.05) is 40.0 Å². The number of nitrogens with one attached hydrogen (secondary N) is 2. The Morgan fingerprint density at radius 2 is 2.05 bits per heavy atom. The van der Waals surface area contributed by atoms with Crippen LogP contribution in [0.25, 0.3) is 0 Å². The summed E-state index contributed by atoms with van der Waals surface area (Å²) in [6.07, 6.45) is 3.01. The largest absolute Gasteiger partial charge is 0.444 e. The van der Waals surface area contributed by atoms with Gasteiger partial charge in [-0.1, -0.05) is 0 Å². The number of aryl methyl sites for hydroxylation is 1. The van der Waals surface area contributed by atoms with Crippen molar-refractivity contribution in [3.8, 4) is 0 Å². The smallest absolute Gasteiger partial charge is 0.413 e. The Morgan fingerprint density at radius 3 is 2.59 bits per heavy atom. The van der Waals surface area contributed by atoms with E-state index in [0.29, 0.717) is 12.4 Å². The fourth-order valence-corrected chi connectivity index (χ4v) is 2.39. The fourth-order valence-electron chi connectivity index (χ4n) is 1.66. The highest BCUT2D eigenvalue weighted by molar-refractivity contribution is 7.11. The maximum absolute atomic E-state index is 11.6. The van der Waals surface area contributed by atoms with Gasteiger partial charge in [0.2, 0.25) is 0 Å². The van der Waals surface area contributed by atoms with Crippen molar-refractivity contribution in [1.29, 1.82) is 0 Å². The van der Waals surface area contributed by atoms with Crippen molar-refractivity contribution in [1.82, 2.24) is 9.97 Å². The third-order valence-corrected chi connectivity index (χ3v) is 3.44. The zero-order valence-corrected chi connectivity index (χ0v) is 14.0. The first-order valence-electron chi connectivity index (χ1n) is 6.93. The Labute approximate surface area is 133 Å². The standard InChI is InChI=1S/C15H20N4O2S/c1-10-16-8-12(22-10)9-17-11-5-6-13(18-7-11)19-14(20)21-15(2,3)4/h5-8,17H,9H2,1-4H3,(H,18,19,20). The minimum Gasteiger partial charge on any atom is -0.444 e. The molecule has 6 nitrogen and oxygen atoms in total. The topological polar surface area (TPSA) is 76.1 Å². The van der Waals surface area contributed by atoms with E-state index in [1.165, 1.54) is 0 Å². The predicted octanol–water partition coefficient (Wildman–Crippen LogP) is 3.81. The van der Waals surface area contributed by atoms with Crippen LogP contribution in [0.15, 0.2) is 24.5 Å². The molecule has 2 N–H and O–H groups in total. The van der Waals surface area contributed by atoms with E-state index in [2.05, 4.69) is 20.6 Å². The number of thiazole rings is 1. The van der Waals surface area contributed by atoms with Crippen LogP contribution >= 0.6 is 11.3 Å². The van der Waals surface area contributed by atoms with Gasteiger partial charge in [-0.15, -0.1) is 11.3 Å². The van der Waals surface area contributed by atoms with Crippen LogP contribution in [0.3, 0.4) is 0 Å². The van der Waals surface area contributed by atoms with Gasteiger partial charge in [0.15, 0.2) is 0 Å². The highest BCUT2D eigenvalue weighted by Crippen LogP contribution is 2.16. The Balaban J connectivity index is 1.86. The Morgan fingerprint density at radius 1 is 1.27 bits per heavy atom. The molecule has 1 amide bonds. The molecule has 0 saturated carbocycles. The molecule has 0 aromatic carbocycles. The van der Waals surface area contributed by atoms with Crippen molar-refractivity contribution >= 4 is 28.9 Å². The van der Waals surface area contributed by atoms with Crippen LogP contribution in [0.4, 0.5) is 16.3 Å². The highest BCUT2D eigenvalue weighted by atomic mass is 32.1. The van der Waals surface area contributed by atoms with E-state index in [9.17, 15) is 4.79 Å². The monoisotopic (exact) mass is 320 g/mol. The van der Waals surface area contributed by atoms with Crippen molar-refractivity contribution in [2.75, 3.05) is 10.6 Å². The summed E-state index contributed by atoms with van der Waals surface area (Å²) in [5.41, 5.74) is 0.346. The number of aromatic nitrogens is 2. The van der Waals surface area contributed by atoms with Gasteiger partial charge >= 0.3 is 6.09 Å². The summed E-state index contributed by atoms with van der Waals surface area (Å²) in [5, 5.41) is 6.90. The van der Waals surface area contributed by atoms with Crippen LogP contribution in [-0.2, 0) is 11.3 Å². The molecule has 2 aromatic rings. The van der Waals surface area contributed by atoms with Crippen LogP contribution in [0.5, 0.6) is 0 Å². The van der Waals surface area contributed by atoms with Crippen molar-refractivity contribution in [2.45, 2.75) is 39.8 Å². The van der Waals surface area contributed by atoms with Gasteiger partial charge in [0.1, 0.15) is 11.4 Å². The summed E-state index contributed by atoms with van der Waals surface area (Å²) in [6, 6.07) is 3.58. The van der Waals surface area contributed by atoms with Crippen LogP contribution in [0.1, 0.15) is 30.7 Å². The van der Waals surface area contributed by atoms with E-state index in [-0.39, 0.29) is 0 Å². The van der Waals surface area contributed by atoms with Crippen molar-refractivity contribution in [3.63, 3.8) is 0 Å². The SMILES string of the molecule is Cc1ncc(CNc2ccc(NC(=O)OC(C)(C)C)nc2)s1. The number of rotatable bonds is 4. The van der Waals surface area contributed by atoms with Crippen molar-refractivity contribution in [2.24, 2.45) is 0 Å². The van der Waals surface area contributed by atoms with Crippen molar-refractivity contribution < 1.29 is 9.53 Å². The Bertz CT molecular complexity index is 632. The van der Waals surface area contributed by atoms with E-state index in [0.717, 1.165) is 15.6 Å². The number of pyridine rings is 1. The van der Waals surface area contributed by atoms with Gasteiger partial charge in [-0.3, -0.25) is 5.32 Å². The summed E-state index contributed by atoms with van der Waals surface area (Å²) in [5.74, 6) is 0.452. The molecule has 118 valence electrons. The summed E-state index contributed by atoms with van der Waals surface area (Å²) in [7, 11) is 0. The summed E-state index contributed by atoms with van der Waals surface area (Å²) < 4.78 is 5.17. The molecule has 7 heteroatoms. The molecular weight excluding hydrogens is 300 g/mol. The molecule has 2 rings (SSSR count). The third-order valence-electron chi connectivity index (χ3n) is 2.53. The molecule has 0 fully saturated rings. The lowest BCUT2D eigenvalue weighted by Crippen LogP contribution is -2.27. The molecule has 0 atom stereocenters. The minimum atomic E-state index is -0.529. The van der Waals surface area contributed by atoms with Crippen LogP contribution < -0.4 is 10.6 Å². The van der Waals surface area contributed by atoms with Gasteiger partial charge in [0.05, 0.1) is 23.4 Å². The second-order valence-electron chi connectivity index (χ2n) is 5.76. The molecule has 2 aromatic heterocycles. The molecule has 0 aliphatic rings. The number of ether oxygens (including phenoxy) is 1. The summed E-state index contributed by atoms with van der Waals surface area (Å²) in [4.78, 5) is 21.2. The number of hydrogen-bond acceptors (Lipinski definition) is 6. The number of carbonyl (C=O) groups excluding carboxylic acids is 1. The van der Waals surface area contributed by atoms with Crippen LogP contribution in [0, 0.1) is 6.92 Å². The van der Waals surface area contributed by atoms with Crippen LogP contribution in [-0.4, -0.2) is 21.7 Å². The maximum Gasteiger partial charge on any atom is 0.413 e. The fraction of sp³-hybridized carbons (Fsp3) is 0.400. The van der Waals surface area contributed by atoms with Crippen molar-refractivity contribution in [3.05, 3.63) is 34.4 Å². The second kappa shape index (κ2) is 6.74. The molecule has 0 aliphatic carbocycles. The molecule has 0 saturated heterocycles. The number of hydrogen-bond donors (Lipinski definition) is 2. The highest BCUT2D eigenvalue weighted by Gasteiger charge is 2.16. The number of anilines is 2. The zero-order chi connectivity index (χ0) is 16.2. The maximum atomic E-state index is 11.6. The quantitative estimate of drug-likeness (QED) is 0.896. The van der Waals surface area contributed by atoms with Gasteiger partial charge in [0, 0.05) is 11.1 Å². The zero-order valence-electron chi connectivity index (χ0n) is 13.1. The van der Waals surface area contributed by atoms with Gasteiger partial charge in [-0.2, -0.15) is 0 Å². The predicted molar refractivity (Wildman–Crippen MR) is 88.3 cm³/mol. The first-order valence-corrected chi connectivity index (χ1v) is 7.75. The molecule has 2 heterocycles. The summed E-state index contributed by atoms with van der Waals surface area (Å²) >= 11 is 1.66. The molecule has 0 aliphatic heterocycles. The summed E-state index contributed by atoms with van der Waals surface area (Å²) in [6.45, 7) is 8.12. The van der Waals surface area contributed by atoms with Gasteiger partial charge in [0.25, 0.3) is 0 Å². The number of amides is 1. The lowest BCUT2D eigenvalue weighted by molar-refractivity contribution is 0.0635. The number of carbonyl (C=O) groups is 1. The second-order valence-corrected chi connectivity index (χ2v) is 7.08. The van der Waals surface area contributed by atoms with Gasteiger partial charge in [-0.25, -0.2) is 14.8 Å². The normalized spacial score (nSPS) is 11.1. The average molecular weight is 320 g/mol. The Kier molecular flexibility index (Phi) is 4.97. The lowest BCUT2D eigenvalue weighted by Gasteiger charge is -2.19. The molecule has 0 spiro atoms. The van der Waals surface area contributed by atoms with E-state index in [1.54, 1.807) is 23.6 Å². The molecule has 0 unspecified atom stereocenters. The van der Waals surface area contributed by atoms with Gasteiger partial charge < -0.3 is 10.1 Å². The number of nitrogens with zero attached hydrogens (tertiary/aromatic N) is 2. The van der Waals surface area contributed by atoms with Gasteiger partial charge in [-0.05, 0) is 39.8 Å². The molecule has 0 bridgehead atoms. The minimum absolute atomic E-state index is 0.452. The Hall–Kier alpha value is -2.15. The first kappa shape index (κ1) is 16.2.